The Morgan fingerprint density at radius 3 is 2.74 bits per heavy atom. The molecule has 0 unspecified atom stereocenters. The Labute approximate surface area is 121 Å². The SMILES string of the molecule is CCCCN(c1nc(C)c(CNCCC)s1)C1CC1. The number of hydrogen-bond donors (Lipinski definition) is 1. The first-order valence-corrected chi connectivity index (χ1v) is 8.51. The molecule has 1 saturated carbocycles. The van der Waals surface area contributed by atoms with E-state index in [-0.39, 0.29) is 0 Å². The van der Waals surface area contributed by atoms with Crippen LogP contribution >= 0.6 is 11.3 Å². The van der Waals surface area contributed by atoms with Crippen LogP contribution < -0.4 is 10.2 Å². The lowest BCUT2D eigenvalue weighted by molar-refractivity contribution is 0.678. The zero-order chi connectivity index (χ0) is 13.7. The van der Waals surface area contributed by atoms with Gasteiger partial charge in [0.15, 0.2) is 5.13 Å². The summed E-state index contributed by atoms with van der Waals surface area (Å²) in [6.07, 6.45) is 6.43. The molecule has 2 rings (SSSR count). The summed E-state index contributed by atoms with van der Waals surface area (Å²) < 4.78 is 0. The first-order valence-electron chi connectivity index (χ1n) is 7.69. The van der Waals surface area contributed by atoms with Crippen molar-refractivity contribution in [3.8, 4) is 0 Å². The van der Waals surface area contributed by atoms with Gasteiger partial charge in [-0.15, -0.1) is 11.3 Å². The summed E-state index contributed by atoms with van der Waals surface area (Å²) in [6, 6.07) is 0.772. The zero-order valence-electron chi connectivity index (χ0n) is 12.5. The number of hydrogen-bond acceptors (Lipinski definition) is 4. The van der Waals surface area contributed by atoms with Crippen LogP contribution in [0.5, 0.6) is 0 Å². The first kappa shape index (κ1) is 14.8. The topological polar surface area (TPSA) is 28.2 Å². The van der Waals surface area contributed by atoms with Gasteiger partial charge < -0.3 is 10.2 Å². The van der Waals surface area contributed by atoms with Crippen molar-refractivity contribution < 1.29 is 0 Å². The van der Waals surface area contributed by atoms with Crippen LogP contribution in [-0.4, -0.2) is 24.1 Å². The Balaban J connectivity index is 1.99. The second kappa shape index (κ2) is 7.25. The highest BCUT2D eigenvalue weighted by atomic mass is 32.1. The van der Waals surface area contributed by atoms with Gasteiger partial charge in [0.2, 0.25) is 0 Å². The lowest BCUT2D eigenvalue weighted by atomic mass is 10.3. The molecule has 4 heteroatoms. The van der Waals surface area contributed by atoms with Crippen LogP contribution in [0.1, 0.15) is 56.5 Å². The number of aryl methyl sites for hydroxylation is 1. The fraction of sp³-hybridized carbons (Fsp3) is 0.800. The van der Waals surface area contributed by atoms with Crippen molar-refractivity contribution in [2.75, 3.05) is 18.0 Å². The Kier molecular flexibility index (Phi) is 5.64. The number of nitrogens with zero attached hydrogens (tertiary/aromatic N) is 2. The van der Waals surface area contributed by atoms with Crippen molar-refractivity contribution >= 4 is 16.5 Å². The van der Waals surface area contributed by atoms with E-state index in [0.717, 1.165) is 19.1 Å². The number of unbranched alkanes of at least 4 members (excludes halogenated alkanes) is 1. The third kappa shape index (κ3) is 4.18. The Bertz CT molecular complexity index is 385. The number of thiazole rings is 1. The molecular formula is C15H27N3S. The van der Waals surface area contributed by atoms with E-state index < -0.39 is 0 Å². The highest BCUT2D eigenvalue weighted by molar-refractivity contribution is 7.15. The van der Waals surface area contributed by atoms with Gasteiger partial charge in [-0.3, -0.25) is 0 Å². The van der Waals surface area contributed by atoms with Crippen LogP contribution in [-0.2, 0) is 6.54 Å². The van der Waals surface area contributed by atoms with Gasteiger partial charge in [0.05, 0.1) is 5.69 Å². The second-order valence-electron chi connectivity index (χ2n) is 5.46. The summed E-state index contributed by atoms with van der Waals surface area (Å²) in [5.74, 6) is 0. The number of aromatic nitrogens is 1. The molecule has 1 aliphatic rings. The normalized spacial score (nSPS) is 14.9. The quantitative estimate of drug-likeness (QED) is 0.699. The van der Waals surface area contributed by atoms with E-state index in [4.69, 9.17) is 4.98 Å². The predicted molar refractivity (Wildman–Crippen MR) is 84.1 cm³/mol. The van der Waals surface area contributed by atoms with Gasteiger partial charge in [-0.2, -0.15) is 0 Å². The van der Waals surface area contributed by atoms with Gasteiger partial charge in [-0.05, 0) is 39.2 Å². The van der Waals surface area contributed by atoms with E-state index in [1.54, 1.807) is 0 Å². The Morgan fingerprint density at radius 1 is 1.32 bits per heavy atom. The fourth-order valence-electron chi connectivity index (χ4n) is 2.23. The Morgan fingerprint density at radius 2 is 2.11 bits per heavy atom. The minimum Gasteiger partial charge on any atom is -0.345 e. The molecule has 0 amide bonds. The summed E-state index contributed by atoms with van der Waals surface area (Å²) in [7, 11) is 0. The molecule has 0 saturated heterocycles. The van der Waals surface area contributed by atoms with E-state index >= 15 is 0 Å². The van der Waals surface area contributed by atoms with Crippen LogP contribution in [0.3, 0.4) is 0 Å². The molecule has 0 radical (unpaired) electrons. The highest BCUT2D eigenvalue weighted by Crippen LogP contribution is 2.35. The summed E-state index contributed by atoms with van der Waals surface area (Å²) in [6.45, 7) is 9.86. The van der Waals surface area contributed by atoms with Crippen molar-refractivity contribution in [1.29, 1.82) is 0 Å². The zero-order valence-corrected chi connectivity index (χ0v) is 13.4. The molecule has 3 nitrogen and oxygen atoms in total. The van der Waals surface area contributed by atoms with Crippen LogP contribution in [0.15, 0.2) is 0 Å². The van der Waals surface area contributed by atoms with Crippen molar-refractivity contribution in [3.63, 3.8) is 0 Å². The average Bonchev–Trinajstić information content (AvgIpc) is 3.16. The predicted octanol–water partition coefficient (Wildman–Crippen LogP) is 3.72. The van der Waals surface area contributed by atoms with E-state index in [9.17, 15) is 0 Å². The minimum atomic E-state index is 0.772. The van der Waals surface area contributed by atoms with Crippen LogP contribution in [0.4, 0.5) is 5.13 Å². The standard InChI is InChI=1S/C15H27N3S/c1-4-6-10-18(13-7-8-13)15-17-12(3)14(19-15)11-16-9-5-2/h13,16H,4-11H2,1-3H3. The lowest BCUT2D eigenvalue weighted by Crippen LogP contribution is -2.26. The molecule has 1 heterocycles. The first-order chi connectivity index (χ1) is 9.26. The van der Waals surface area contributed by atoms with E-state index in [2.05, 4.69) is 31.0 Å². The van der Waals surface area contributed by atoms with Crippen molar-refractivity contribution in [2.45, 2.75) is 65.5 Å². The highest BCUT2D eigenvalue weighted by Gasteiger charge is 2.30. The summed E-state index contributed by atoms with van der Waals surface area (Å²) in [5.41, 5.74) is 1.21. The fourth-order valence-corrected chi connectivity index (χ4v) is 3.36. The van der Waals surface area contributed by atoms with E-state index in [1.165, 1.54) is 54.4 Å². The number of rotatable bonds is 9. The molecular weight excluding hydrogens is 254 g/mol. The average molecular weight is 281 g/mol. The second-order valence-corrected chi connectivity index (χ2v) is 6.52. The Hall–Kier alpha value is -0.610. The molecule has 108 valence electrons. The molecule has 0 bridgehead atoms. The molecule has 1 fully saturated rings. The number of anilines is 1. The third-order valence-electron chi connectivity index (χ3n) is 3.58. The van der Waals surface area contributed by atoms with Gasteiger partial charge in [0.1, 0.15) is 0 Å². The van der Waals surface area contributed by atoms with Crippen LogP contribution in [0.2, 0.25) is 0 Å². The monoisotopic (exact) mass is 281 g/mol. The maximum absolute atomic E-state index is 4.81. The number of nitrogens with one attached hydrogen (secondary N) is 1. The molecule has 1 aromatic heterocycles. The molecule has 0 atom stereocenters. The van der Waals surface area contributed by atoms with Crippen molar-refractivity contribution in [1.82, 2.24) is 10.3 Å². The minimum absolute atomic E-state index is 0.772. The van der Waals surface area contributed by atoms with Crippen molar-refractivity contribution in [2.24, 2.45) is 0 Å². The van der Waals surface area contributed by atoms with Gasteiger partial charge in [-0.1, -0.05) is 20.3 Å². The van der Waals surface area contributed by atoms with Gasteiger partial charge >= 0.3 is 0 Å². The third-order valence-corrected chi connectivity index (χ3v) is 4.77. The van der Waals surface area contributed by atoms with Crippen LogP contribution in [0.25, 0.3) is 0 Å². The largest absolute Gasteiger partial charge is 0.345 e. The van der Waals surface area contributed by atoms with Gasteiger partial charge in [0.25, 0.3) is 0 Å². The summed E-state index contributed by atoms with van der Waals surface area (Å²) >= 11 is 1.89. The molecule has 0 aromatic carbocycles. The van der Waals surface area contributed by atoms with E-state index in [1.807, 2.05) is 11.3 Å². The molecule has 1 N–H and O–H groups in total. The molecule has 0 spiro atoms. The maximum Gasteiger partial charge on any atom is 0.186 e. The smallest absolute Gasteiger partial charge is 0.186 e. The lowest BCUT2D eigenvalue weighted by Gasteiger charge is -2.20. The maximum atomic E-state index is 4.81. The molecule has 19 heavy (non-hydrogen) atoms. The van der Waals surface area contributed by atoms with Crippen LogP contribution in [0, 0.1) is 6.92 Å². The van der Waals surface area contributed by atoms with Gasteiger partial charge in [-0.25, -0.2) is 4.98 Å². The van der Waals surface area contributed by atoms with Gasteiger partial charge in [0, 0.05) is 24.0 Å². The molecule has 0 aliphatic heterocycles. The van der Waals surface area contributed by atoms with Crippen molar-refractivity contribution in [3.05, 3.63) is 10.6 Å². The molecule has 1 aliphatic carbocycles. The van der Waals surface area contributed by atoms with E-state index in [0.29, 0.717) is 0 Å². The summed E-state index contributed by atoms with van der Waals surface area (Å²) in [4.78, 5) is 8.76. The molecule has 1 aromatic rings. The summed E-state index contributed by atoms with van der Waals surface area (Å²) in [5, 5.41) is 4.74.